The maximum absolute atomic E-state index is 13.5. The van der Waals surface area contributed by atoms with E-state index in [0.717, 1.165) is 35.3 Å². The normalized spacial score (nSPS) is 17.0. The van der Waals surface area contributed by atoms with Gasteiger partial charge in [0.1, 0.15) is 18.1 Å². The Hall–Kier alpha value is -3.90. The molecule has 1 atom stereocenters. The fourth-order valence-electron chi connectivity index (χ4n) is 5.29. The Morgan fingerprint density at radius 2 is 1.61 bits per heavy atom. The second-order valence-electron chi connectivity index (χ2n) is 11.6. The van der Waals surface area contributed by atoms with Crippen LogP contribution in [-0.2, 0) is 21.6 Å². The Morgan fingerprint density at radius 1 is 0.951 bits per heavy atom. The van der Waals surface area contributed by atoms with Crippen LogP contribution in [0.25, 0.3) is 5.76 Å². The van der Waals surface area contributed by atoms with Gasteiger partial charge in [0.15, 0.2) is 0 Å². The molecule has 4 rings (SSSR count). The number of rotatable bonds is 10. The molecule has 0 aliphatic carbocycles. The molecule has 1 aliphatic heterocycles. The van der Waals surface area contributed by atoms with Crippen LogP contribution in [0.4, 0.5) is 0 Å². The maximum atomic E-state index is 13.5. The number of carbonyl (C=O) groups excluding carboxylic acids is 2. The van der Waals surface area contributed by atoms with E-state index in [1.54, 1.807) is 17.0 Å². The average molecular weight is 555 g/mol. The lowest BCUT2D eigenvalue weighted by Gasteiger charge is -2.29. The Kier molecular flexibility index (Phi) is 9.34. The molecule has 216 valence electrons. The highest BCUT2D eigenvalue weighted by molar-refractivity contribution is 6.46. The van der Waals surface area contributed by atoms with Gasteiger partial charge in [0.25, 0.3) is 11.7 Å². The lowest BCUT2D eigenvalue weighted by molar-refractivity contribution is -0.140. The van der Waals surface area contributed by atoms with Gasteiger partial charge in [0, 0.05) is 18.7 Å². The molecule has 1 heterocycles. The minimum absolute atomic E-state index is 0.0372. The maximum Gasteiger partial charge on any atom is 0.295 e. The quantitative estimate of drug-likeness (QED) is 0.173. The first kappa shape index (κ1) is 30.1. The summed E-state index contributed by atoms with van der Waals surface area (Å²) < 4.78 is 5.96. The van der Waals surface area contributed by atoms with E-state index < -0.39 is 17.7 Å². The molecular formula is C35H42N2O4. The molecular weight excluding hydrogens is 512 g/mol. The van der Waals surface area contributed by atoms with Gasteiger partial charge < -0.3 is 19.6 Å². The number of aryl methyl sites for hydroxylation is 1. The minimum Gasteiger partial charge on any atom is -0.507 e. The zero-order chi connectivity index (χ0) is 29.7. The van der Waals surface area contributed by atoms with Crippen molar-refractivity contribution >= 4 is 17.4 Å². The number of Topliss-reactive ketones (excluding diaryl/α,β-unsaturated/α-hetero) is 1. The van der Waals surface area contributed by atoms with Crippen molar-refractivity contribution in [3.05, 3.63) is 106 Å². The smallest absolute Gasteiger partial charge is 0.295 e. The zero-order valence-corrected chi connectivity index (χ0v) is 25.1. The first-order valence-electron chi connectivity index (χ1n) is 14.4. The summed E-state index contributed by atoms with van der Waals surface area (Å²) in [6.07, 6.45) is 0. The van der Waals surface area contributed by atoms with Crippen LogP contribution in [-0.4, -0.2) is 52.8 Å². The second kappa shape index (κ2) is 12.7. The first-order chi connectivity index (χ1) is 19.5. The number of nitrogens with zero attached hydrogens (tertiary/aromatic N) is 2. The molecule has 0 saturated carbocycles. The number of aliphatic hydroxyl groups is 1. The summed E-state index contributed by atoms with van der Waals surface area (Å²) in [6.45, 7) is 15.6. The van der Waals surface area contributed by atoms with Crippen molar-refractivity contribution in [1.29, 1.82) is 0 Å². The summed E-state index contributed by atoms with van der Waals surface area (Å²) >= 11 is 0. The topological polar surface area (TPSA) is 70.1 Å². The van der Waals surface area contributed by atoms with Gasteiger partial charge in [-0.3, -0.25) is 9.59 Å². The Labute approximate surface area is 244 Å². The summed E-state index contributed by atoms with van der Waals surface area (Å²) in [5.41, 5.74) is 4.37. The Bertz CT molecular complexity index is 1400. The van der Waals surface area contributed by atoms with Crippen molar-refractivity contribution in [3.8, 4) is 5.75 Å². The van der Waals surface area contributed by atoms with Gasteiger partial charge in [0.05, 0.1) is 11.6 Å². The summed E-state index contributed by atoms with van der Waals surface area (Å²) in [4.78, 5) is 30.8. The van der Waals surface area contributed by atoms with Gasteiger partial charge in [-0.1, -0.05) is 89.2 Å². The molecule has 0 unspecified atom stereocenters. The van der Waals surface area contributed by atoms with Crippen LogP contribution in [0, 0.1) is 6.92 Å². The number of likely N-dealkylation sites (N-methyl/N-ethyl adjacent to an activating group) is 1. The molecule has 0 bridgehead atoms. The fraction of sp³-hybridized carbons (Fsp3) is 0.371. The molecule has 3 aromatic carbocycles. The number of hydrogen-bond acceptors (Lipinski definition) is 5. The molecule has 6 heteroatoms. The van der Waals surface area contributed by atoms with E-state index in [2.05, 4.69) is 39.5 Å². The lowest BCUT2D eigenvalue weighted by Crippen LogP contribution is -2.38. The standard InChI is InChI=1S/C35H42N2O4/c1-7-36(8-2)20-21-37-31(26-14-16-27(17-15-26)35(4,5)6)30(33(39)34(37)40)32(38)29-19-18-28(22-24(29)3)41-23-25-12-10-9-11-13-25/h9-19,22,31,38H,7-8,20-21,23H2,1-6H3/t31-/m1/s1. The van der Waals surface area contributed by atoms with Crippen LogP contribution >= 0.6 is 0 Å². The number of likely N-dealkylation sites (tertiary alicyclic amines) is 1. The third kappa shape index (κ3) is 6.71. The largest absolute Gasteiger partial charge is 0.507 e. The summed E-state index contributed by atoms with van der Waals surface area (Å²) in [7, 11) is 0. The molecule has 1 N–H and O–H groups in total. The summed E-state index contributed by atoms with van der Waals surface area (Å²) in [5, 5.41) is 11.6. The van der Waals surface area contributed by atoms with Crippen LogP contribution in [0.2, 0.25) is 0 Å². The monoisotopic (exact) mass is 554 g/mol. The average Bonchev–Trinajstić information content (AvgIpc) is 3.21. The Balaban J connectivity index is 1.72. The van der Waals surface area contributed by atoms with Gasteiger partial charge in [-0.2, -0.15) is 0 Å². The van der Waals surface area contributed by atoms with E-state index in [1.165, 1.54) is 0 Å². The SMILES string of the molecule is CCN(CC)CCN1C(=O)C(=O)C(=C(O)c2ccc(OCc3ccccc3)cc2C)[C@H]1c1ccc(C(C)(C)C)cc1. The van der Waals surface area contributed by atoms with E-state index in [0.29, 0.717) is 31.0 Å². The van der Waals surface area contributed by atoms with Crippen molar-refractivity contribution in [1.82, 2.24) is 9.80 Å². The first-order valence-corrected chi connectivity index (χ1v) is 14.4. The van der Waals surface area contributed by atoms with Gasteiger partial charge in [-0.05, 0) is 65.9 Å². The van der Waals surface area contributed by atoms with E-state index in [-0.39, 0.29) is 16.7 Å². The zero-order valence-electron chi connectivity index (χ0n) is 25.1. The minimum atomic E-state index is -0.673. The molecule has 0 aromatic heterocycles. The predicted molar refractivity (Wildman–Crippen MR) is 164 cm³/mol. The van der Waals surface area contributed by atoms with E-state index in [4.69, 9.17) is 4.74 Å². The molecule has 41 heavy (non-hydrogen) atoms. The van der Waals surface area contributed by atoms with Crippen LogP contribution < -0.4 is 4.74 Å². The number of benzene rings is 3. The number of ether oxygens (including phenoxy) is 1. The molecule has 0 radical (unpaired) electrons. The van der Waals surface area contributed by atoms with Crippen molar-refractivity contribution in [2.75, 3.05) is 26.2 Å². The van der Waals surface area contributed by atoms with Crippen molar-refractivity contribution in [2.45, 2.75) is 59.6 Å². The van der Waals surface area contributed by atoms with Crippen LogP contribution in [0.1, 0.15) is 68.5 Å². The molecule has 3 aromatic rings. The predicted octanol–water partition coefficient (Wildman–Crippen LogP) is 6.64. The number of hydrogen-bond donors (Lipinski definition) is 1. The van der Waals surface area contributed by atoms with Crippen molar-refractivity contribution in [3.63, 3.8) is 0 Å². The molecule has 1 aliphatic rings. The number of ketones is 1. The molecule has 1 fully saturated rings. The van der Waals surface area contributed by atoms with Crippen molar-refractivity contribution < 1.29 is 19.4 Å². The molecule has 6 nitrogen and oxygen atoms in total. The van der Waals surface area contributed by atoms with Gasteiger partial charge in [0.2, 0.25) is 0 Å². The van der Waals surface area contributed by atoms with Crippen molar-refractivity contribution in [2.24, 2.45) is 0 Å². The van der Waals surface area contributed by atoms with Crippen LogP contribution in [0.15, 0.2) is 78.4 Å². The summed E-state index contributed by atoms with van der Waals surface area (Å²) in [6, 6.07) is 22.7. The third-order valence-corrected chi connectivity index (χ3v) is 7.89. The summed E-state index contributed by atoms with van der Waals surface area (Å²) in [5.74, 6) is -0.734. The highest BCUT2D eigenvalue weighted by Gasteiger charge is 2.46. The van der Waals surface area contributed by atoms with Gasteiger partial charge in [-0.25, -0.2) is 0 Å². The second-order valence-corrected chi connectivity index (χ2v) is 11.6. The number of carbonyl (C=O) groups is 2. The number of aliphatic hydroxyl groups excluding tert-OH is 1. The fourth-order valence-corrected chi connectivity index (χ4v) is 5.29. The van der Waals surface area contributed by atoms with E-state index in [1.807, 2.05) is 67.6 Å². The Morgan fingerprint density at radius 3 is 2.20 bits per heavy atom. The molecule has 0 spiro atoms. The van der Waals surface area contributed by atoms with Gasteiger partial charge in [-0.15, -0.1) is 0 Å². The van der Waals surface area contributed by atoms with E-state index in [9.17, 15) is 14.7 Å². The third-order valence-electron chi connectivity index (χ3n) is 7.89. The lowest BCUT2D eigenvalue weighted by atomic mass is 9.85. The highest BCUT2D eigenvalue weighted by Crippen LogP contribution is 2.40. The van der Waals surface area contributed by atoms with E-state index >= 15 is 0 Å². The number of amides is 1. The van der Waals surface area contributed by atoms with Gasteiger partial charge >= 0.3 is 0 Å². The molecule has 1 saturated heterocycles. The van der Waals surface area contributed by atoms with Crippen LogP contribution in [0.3, 0.4) is 0 Å². The highest BCUT2D eigenvalue weighted by atomic mass is 16.5. The molecule has 1 amide bonds. The van der Waals surface area contributed by atoms with Crippen LogP contribution in [0.5, 0.6) is 5.75 Å².